The molecule has 2 N–H and O–H groups in total. The first-order chi connectivity index (χ1) is 14.5. The highest BCUT2D eigenvalue weighted by Gasteiger charge is 2.48. The van der Waals surface area contributed by atoms with E-state index < -0.39 is 11.6 Å². The van der Waals surface area contributed by atoms with Gasteiger partial charge in [0.05, 0.1) is 25.4 Å². The average Bonchev–Trinajstić information content (AvgIpc) is 3.18. The third kappa shape index (κ3) is 3.09. The number of H-pyrrole nitrogens is 1. The number of halogens is 2. The molecule has 156 valence electrons. The zero-order valence-corrected chi connectivity index (χ0v) is 16.4. The first-order valence-electron chi connectivity index (χ1n) is 10.0. The van der Waals surface area contributed by atoms with Crippen molar-refractivity contribution in [1.29, 1.82) is 0 Å². The Bertz CT molecular complexity index is 1110. The van der Waals surface area contributed by atoms with E-state index in [9.17, 15) is 13.6 Å². The lowest BCUT2D eigenvalue weighted by atomic mass is 9.61. The van der Waals surface area contributed by atoms with Crippen molar-refractivity contribution >= 4 is 22.8 Å². The normalized spacial score (nSPS) is 25.4. The topological polar surface area (TPSA) is 92.8 Å². The summed E-state index contributed by atoms with van der Waals surface area (Å²) in [6, 6.07) is 1.09. The van der Waals surface area contributed by atoms with Crippen molar-refractivity contribution in [2.45, 2.75) is 31.7 Å². The average molecular weight is 413 g/mol. The molecule has 2 bridgehead atoms. The molecular weight excluding hydrogens is 392 g/mol. The Balaban J connectivity index is 1.50. The summed E-state index contributed by atoms with van der Waals surface area (Å²) in [5.74, 6) is -0.925. The number of nitrogens with one attached hydrogen (secondary N) is 2. The number of hydrogen-bond donors (Lipinski definition) is 2. The SMILES string of the molecule is COC(=O)[C@H]1C2CCC(CC2)[C@@H]1Nc1nc(-c2c[nH]c3ncc(F)cc23)ncc1F. The molecule has 3 aliphatic rings. The van der Waals surface area contributed by atoms with Crippen LogP contribution in [0.15, 0.2) is 24.7 Å². The number of methoxy groups -OCH3 is 1. The van der Waals surface area contributed by atoms with Gasteiger partial charge in [-0.05, 0) is 43.6 Å². The lowest BCUT2D eigenvalue weighted by Gasteiger charge is -2.47. The molecule has 0 aliphatic heterocycles. The summed E-state index contributed by atoms with van der Waals surface area (Å²) in [6.07, 6.45) is 7.76. The lowest BCUT2D eigenvalue weighted by molar-refractivity contribution is -0.152. The van der Waals surface area contributed by atoms with Crippen LogP contribution in [0.5, 0.6) is 0 Å². The van der Waals surface area contributed by atoms with Gasteiger partial charge in [0.1, 0.15) is 11.5 Å². The zero-order chi connectivity index (χ0) is 20.8. The van der Waals surface area contributed by atoms with Gasteiger partial charge in [-0.2, -0.15) is 0 Å². The lowest BCUT2D eigenvalue weighted by Crippen LogP contribution is -2.52. The van der Waals surface area contributed by atoms with Crippen LogP contribution in [0.2, 0.25) is 0 Å². The maximum Gasteiger partial charge on any atom is 0.311 e. The van der Waals surface area contributed by atoms with E-state index in [4.69, 9.17) is 4.74 Å². The number of nitrogens with zero attached hydrogens (tertiary/aromatic N) is 3. The van der Waals surface area contributed by atoms with E-state index in [0.717, 1.165) is 38.1 Å². The molecule has 3 aromatic rings. The number of carbonyl (C=O) groups is 1. The van der Waals surface area contributed by atoms with E-state index in [1.165, 1.54) is 13.2 Å². The van der Waals surface area contributed by atoms with Crippen molar-refractivity contribution in [3.8, 4) is 11.4 Å². The summed E-state index contributed by atoms with van der Waals surface area (Å²) < 4.78 is 33.3. The minimum Gasteiger partial charge on any atom is -0.469 e. The molecule has 0 spiro atoms. The van der Waals surface area contributed by atoms with Crippen LogP contribution in [0, 0.1) is 29.4 Å². The third-order valence-electron chi connectivity index (χ3n) is 6.48. The van der Waals surface area contributed by atoms with E-state index in [2.05, 4.69) is 25.3 Å². The van der Waals surface area contributed by atoms with Gasteiger partial charge >= 0.3 is 5.97 Å². The number of pyridine rings is 1. The van der Waals surface area contributed by atoms with Crippen molar-refractivity contribution in [2.24, 2.45) is 17.8 Å². The second-order valence-electron chi connectivity index (χ2n) is 8.04. The van der Waals surface area contributed by atoms with Crippen molar-refractivity contribution in [3.63, 3.8) is 0 Å². The molecule has 3 saturated carbocycles. The van der Waals surface area contributed by atoms with Gasteiger partial charge in [-0.3, -0.25) is 4.79 Å². The number of carbonyl (C=O) groups excluding carboxylic acids is 1. The van der Waals surface area contributed by atoms with Gasteiger partial charge in [0.2, 0.25) is 0 Å². The van der Waals surface area contributed by atoms with E-state index >= 15 is 0 Å². The Hall–Kier alpha value is -3.10. The molecule has 0 unspecified atom stereocenters. The standard InChI is InChI=1S/C21H21F2N5O2/c1-30-21(29)16-10-2-4-11(5-3-10)17(16)27-20-15(23)9-26-19(28-20)14-8-25-18-13(14)6-12(22)7-24-18/h6-11,16-17H,2-5H2,1H3,(H,24,25)(H,26,27,28)/t10?,11?,16-,17-/m0/s1. The van der Waals surface area contributed by atoms with Crippen LogP contribution >= 0.6 is 0 Å². The fourth-order valence-electron chi connectivity index (χ4n) is 5.05. The molecule has 0 aromatic carbocycles. The van der Waals surface area contributed by atoms with E-state index in [0.29, 0.717) is 16.6 Å². The maximum atomic E-state index is 14.6. The molecule has 3 aromatic heterocycles. The van der Waals surface area contributed by atoms with Gasteiger partial charge in [0.15, 0.2) is 17.5 Å². The highest BCUT2D eigenvalue weighted by Crippen LogP contribution is 2.46. The van der Waals surface area contributed by atoms with Crippen LogP contribution in [0.25, 0.3) is 22.4 Å². The van der Waals surface area contributed by atoms with Gasteiger partial charge in [-0.1, -0.05) is 0 Å². The number of fused-ring (bicyclic) bond motifs is 4. The fraction of sp³-hybridized carbons (Fsp3) is 0.429. The van der Waals surface area contributed by atoms with E-state index in [1.54, 1.807) is 6.20 Å². The Kier molecular flexibility index (Phi) is 4.60. The van der Waals surface area contributed by atoms with Crippen LogP contribution < -0.4 is 5.32 Å². The molecule has 9 heteroatoms. The van der Waals surface area contributed by atoms with Crippen LogP contribution in [0.4, 0.5) is 14.6 Å². The molecule has 0 saturated heterocycles. The first kappa shape index (κ1) is 18.9. The largest absolute Gasteiger partial charge is 0.469 e. The zero-order valence-electron chi connectivity index (χ0n) is 16.4. The summed E-state index contributed by atoms with van der Waals surface area (Å²) >= 11 is 0. The Labute approximate surface area is 171 Å². The maximum absolute atomic E-state index is 14.6. The van der Waals surface area contributed by atoms with E-state index in [1.807, 2.05) is 0 Å². The van der Waals surface area contributed by atoms with Crippen LogP contribution in [0.3, 0.4) is 0 Å². The number of hydrogen-bond acceptors (Lipinski definition) is 6. The van der Waals surface area contributed by atoms with Gasteiger partial charge in [-0.25, -0.2) is 23.7 Å². The Morgan fingerprint density at radius 2 is 1.93 bits per heavy atom. The van der Waals surface area contributed by atoms with Crippen LogP contribution in [-0.4, -0.2) is 39.1 Å². The van der Waals surface area contributed by atoms with Crippen molar-refractivity contribution in [1.82, 2.24) is 19.9 Å². The molecule has 7 nitrogen and oxygen atoms in total. The number of aromatic amines is 1. The first-order valence-corrected chi connectivity index (χ1v) is 10.0. The smallest absolute Gasteiger partial charge is 0.311 e. The molecule has 3 fully saturated rings. The van der Waals surface area contributed by atoms with Crippen molar-refractivity contribution in [3.05, 3.63) is 36.3 Å². The van der Waals surface area contributed by atoms with Gasteiger partial charge in [0, 0.05) is 23.2 Å². The predicted octanol–water partition coefficient (Wildman–Crippen LogP) is 3.69. The van der Waals surface area contributed by atoms with Gasteiger partial charge in [0.25, 0.3) is 0 Å². The number of anilines is 1. The summed E-state index contributed by atoms with van der Waals surface area (Å²) in [6.45, 7) is 0. The number of rotatable bonds is 4. The van der Waals surface area contributed by atoms with Crippen LogP contribution in [0.1, 0.15) is 25.7 Å². The summed E-state index contributed by atoms with van der Waals surface area (Å²) in [7, 11) is 1.38. The summed E-state index contributed by atoms with van der Waals surface area (Å²) in [5.41, 5.74) is 1.01. The molecular formula is C21H21F2N5O2. The number of ether oxygens (including phenoxy) is 1. The van der Waals surface area contributed by atoms with Crippen molar-refractivity contribution in [2.75, 3.05) is 12.4 Å². The highest BCUT2D eigenvalue weighted by molar-refractivity contribution is 5.91. The fourth-order valence-corrected chi connectivity index (χ4v) is 5.05. The number of esters is 1. The molecule has 0 radical (unpaired) electrons. The van der Waals surface area contributed by atoms with Gasteiger partial charge in [-0.15, -0.1) is 0 Å². The molecule has 3 heterocycles. The second kappa shape index (κ2) is 7.30. The number of aromatic nitrogens is 4. The van der Waals surface area contributed by atoms with E-state index in [-0.39, 0.29) is 41.4 Å². The van der Waals surface area contributed by atoms with Gasteiger partial charge < -0.3 is 15.0 Å². The predicted molar refractivity (Wildman–Crippen MR) is 105 cm³/mol. The van der Waals surface area contributed by atoms with Crippen LogP contribution in [-0.2, 0) is 9.53 Å². The second-order valence-corrected chi connectivity index (χ2v) is 8.04. The Morgan fingerprint density at radius 1 is 1.17 bits per heavy atom. The summed E-state index contributed by atoms with van der Waals surface area (Å²) in [4.78, 5) is 27.8. The molecule has 2 atom stereocenters. The third-order valence-corrected chi connectivity index (χ3v) is 6.48. The minimum atomic E-state index is -0.604. The monoisotopic (exact) mass is 413 g/mol. The molecule has 0 amide bonds. The highest BCUT2D eigenvalue weighted by atomic mass is 19.1. The Morgan fingerprint density at radius 3 is 2.70 bits per heavy atom. The quantitative estimate of drug-likeness (QED) is 0.634. The van der Waals surface area contributed by atoms with Crippen molar-refractivity contribution < 1.29 is 18.3 Å². The molecule has 30 heavy (non-hydrogen) atoms. The minimum absolute atomic E-state index is 0.0326. The molecule has 3 aliphatic carbocycles. The molecule has 6 rings (SSSR count). The summed E-state index contributed by atoms with van der Waals surface area (Å²) in [5, 5.41) is 3.69.